The molecule has 0 bridgehead atoms. The number of nitriles is 1. The van der Waals surface area contributed by atoms with Crippen LogP contribution in [0, 0.1) is 11.3 Å². The van der Waals surface area contributed by atoms with E-state index < -0.39 is 11.8 Å². The summed E-state index contributed by atoms with van der Waals surface area (Å²) >= 11 is 0. The fourth-order valence-corrected chi connectivity index (χ4v) is 2.92. The van der Waals surface area contributed by atoms with Crippen molar-refractivity contribution < 1.29 is 18.8 Å². The van der Waals surface area contributed by atoms with Crippen molar-refractivity contribution in [2.24, 2.45) is 0 Å². The van der Waals surface area contributed by atoms with E-state index in [1.165, 1.54) is 6.07 Å². The highest BCUT2D eigenvalue weighted by molar-refractivity contribution is 5.98. The van der Waals surface area contributed by atoms with Crippen molar-refractivity contribution in [3.05, 3.63) is 96.2 Å². The van der Waals surface area contributed by atoms with Gasteiger partial charge in [-0.25, -0.2) is 0 Å². The van der Waals surface area contributed by atoms with Gasteiger partial charge < -0.3 is 19.9 Å². The molecule has 0 saturated heterocycles. The molecule has 3 aromatic carbocycles. The summed E-state index contributed by atoms with van der Waals surface area (Å²) in [6.07, 6.45) is 0. The first kappa shape index (κ1) is 21.3. The minimum Gasteiger partial charge on any atom is -0.457 e. The van der Waals surface area contributed by atoms with Crippen molar-refractivity contribution in [3.63, 3.8) is 0 Å². The van der Waals surface area contributed by atoms with Crippen LogP contribution in [0.1, 0.15) is 16.1 Å². The van der Waals surface area contributed by atoms with E-state index in [-0.39, 0.29) is 12.2 Å². The van der Waals surface area contributed by atoms with Crippen molar-refractivity contribution >= 4 is 17.5 Å². The first-order valence-corrected chi connectivity index (χ1v) is 9.99. The standard InChI is InChI=1S/C25H18N4O4/c26-15-17-6-10-20(11-7-17)32-21-12-8-19(9-13-21)28-24(30)16-27-25(31)22-14-23(33-29-22)18-4-2-1-3-5-18/h1-14H,16H2,(H,27,31)(H,28,30). The number of hydrogen-bond acceptors (Lipinski definition) is 6. The van der Waals surface area contributed by atoms with Gasteiger partial charge >= 0.3 is 0 Å². The summed E-state index contributed by atoms with van der Waals surface area (Å²) in [6.45, 7) is -0.226. The molecule has 1 aromatic heterocycles. The number of rotatable bonds is 7. The lowest BCUT2D eigenvalue weighted by molar-refractivity contribution is -0.115. The molecule has 2 amide bonds. The number of anilines is 1. The Labute approximate surface area is 189 Å². The Bertz CT molecular complexity index is 1290. The average molecular weight is 438 g/mol. The molecule has 0 aliphatic carbocycles. The number of nitrogens with one attached hydrogen (secondary N) is 2. The topological polar surface area (TPSA) is 117 Å². The molecule has 8 nitrogen and oxygen atoms in total. The molecule has 4 rings (SSSR count). The molecule has 2 N–H and O–H groups in total. The zero-order valence-corrected chi connectivity index (χ0v) is 17.3. The number of aromatic nitrogens is 1. The molecule has 4 aromatic rings. The number of carbonyl (C=O) groups is 2. The maximum absolute atomic E-state index is 12.3. The van der Waals surface area contributed by atoms with Gasteiger partial charge in [-0.15, -0.1) is 0 Å². The van der Waals surface area contributed by atoms with Crippen LogP contribution < -0.4 is 15.4 Å². The van der Waals surface area contributed by atoms with Crippen LogP contribution in [0.25, 0.3) is 11.3 Å². The molecule has 0 saturated carbocycles. The third kappa shape index (κ3) is 5.62. The molecular weight excluding hydrogens is 420 g/mol. The second-order valence-corrected chi connectivity index (χ2v) is 6.94. The van der Waals surface area contributed by atoms with E-state index in [0.29, 0.717) is 28.5 Å². The van der Waals surface area contributed by atoms with Crippen molar-refractivity contribution in [3.8, 4) is 28.9 Å². The predicted molar refractivity (Wildman–Crippen MR) is 121 cm³/mol. The first-order valence-electron chi connectivity index (χ1n) is 9.99. The van der Waals surface area contributed by atoms with Crippen molar-refractivity contribution in [2.45, 2.75) is 0 Å². The van der Waals surface area contributed by atoms with Gasteiger partial charge in [0.2, 0.25) is 5.91 Å². The van der Waals surface area contributed by atoms with Gasteiger partial charge in [0.05, 0.1) is 18.2 Å². The molecule has 0 radical (unpaired) electrons. The predicted octanol–water partition coefficient (Wildman–Crippen LogP) is 4.37. The van der Waals surface area contributed by atoms with Gasteiger partial charge in [0.25, 0.3) is 5.91 Å². The molecule has 162 valence electrons. The summed E-state index contributed by atoms with van der Waals surface area (Å²) in [6, 6.07) is 26.4. The molecule has 8 heteroatoms. The number of amides is 2. The van der Waals surface area contributed by atoms with Gasteiger partial charge in [-0.2, -0.15) is 5.26 Å². The van der Waals surface area contributed by atoms with Crippen LogP contribution >= 0.6 is 0 Å². The lowest BCUT2D eigenvalue weighted by Gasteiger charge is -2.08. The molecular formula is C25H18N4O4. The van der Waals surface area contributed by atoms with Crippen LogP contribution in [-0.2, 0) is 4.79 Å². The third-order valence-corrected chi connectivity index (χ3v) is 4.57. The van der Waals surface area contributed by atoms with Gasteiger partial charge in [-0.1, -0.05) is 35.5 Å². The van der Waals surface area contributed by atoms with Crippen LogP contribution in [0.5, 0.6) is 11.5 Å². The number of carbonyl (C=O) groups excluding carboxylic acids is 2. The molecule has 0 aliphatic rings. The molecule has 0 unspecified atom stereocenters. The maximum Gasteiger partial charge on any atom is 0.273 e. The smallest absolute Gasteiger partial charge is 0.273 e. The SMILES string of the molecule is N#Cc1ccc(Oc2ccc(NC(=O)CNC(=O)c3cc(-c4ccccc4)on3)cc2)cc1. The highest BCUT2D eigenvalue weighted by Crippen LogP contribution is 2.23. The van der Waals surface area contributed by atoms with Gasteiger partial charge in [-0.05, 0) is 48.5 Å². The maximum atomic E-state index is 12.3. The van der Waals surface area contributed by atoms with E-state index in [0.717, 1.165) is 5.56 Å². The highest BCUT2D eigenvalue weighted by atomic mass is 16.5. The van der Waals surface area contributed by atoms with Gasteiger partial charge in [0, 0.05) is 17.3 Å². The summed E-state index contributed by atoms with van der Waals surface area (Å²) in [5.74, 6) is 0.731. The van der Waals surface area contributed by atoms with E-state index >= 15 is 0 Å². The minimum atomic E-state index is -0.512. The lowest BCUT2D eigenvalue weighted by atomic mass is 10.1. The highest BCUT2D eigenvalue weighted by Gasteiger charge is 2.14. The minimum absolute atomic E-state index is 0.0888. The van der Waals surface area contributed by atoms with Gasteiger partial charge in [0.15, 0.2) is 11.5 Å². The first-order chi connectivity index (χ1) is 16.1. The molecule has 0 aliphatic heterocycles. The van der Waals surface area contributed by atoms with E-state index in [1.54, 1.807) is 48.5 Å². The van der Waals surface area contributed by atoms with E-state index in [9.17, 15) is 9.59 Å². The number of benzene rings is 3. The van der Waals surface area contributed by atoms with Crippen LogP contribution in [0.2, 0.25) is 0 Å². The monoisotopic (exact) mass is 438 g/mol. The second kappa shape index (κ2) is 9.94. The summed E-state index contributed by atoms with van der Waals surface area (Å²) in [5.41, 5.74) is 1.99. The number of hydrogen-bond donors (Lipinski definition) is 2. The summed E-state index contributed by atoms with van der Waals surface area (Å²) in [4.78, 5) is 24.4. The average Bonchev–Trinajstić information content (AvgIpc) is 3.35. The van der Waals surface area contributed by atoms with E-state index in [1.807, 2.05) is 36.4 Å². The Hall–Kier alpha value is -4.90. The second-order valence-electron chi connectivity index (χ2n) is 6.94. The number of nitrogens with zero attached hydrogens (tertiary/aromatic N) is 2. The fraction of sp³-hybridized carbons (Fsp3) is 0.0400. The Morgan fingerprint density at radius 2 is 1.61 bits per heavy atom. The molecule has 0 fully saturated rings. The Morgan fingerprint density at radius 3 is 2.27 bits per heavy atom. The molecule has 0 spiro atoms. The van der Waals surface area contributed by atoms with Gasteiger partial charge in [-0.3, -0.25) is 9.59 Å². The molecule has 0 atom stereocenters. The quantitative estimate of drug-likeness (QED) is 0.442. The zero-order valence-electron chi connectivity index (χ0n) is 17.3. The number of ether oxygens (including phenoxy) is 1. The normalized spacial score (nSPS) is 10.2. The van der Waals surface area contributed by atoms with Gasteiger partial charge in [0.1, 0.15) is 11.5 Å². The molecule has 1 heterocycles. The fourth-order valence-electron chi connectivity index (χ4n) is 2.92. The van der Waals surface area contributed by atoms with Crippen LogP contribution in [0.4, 0.5) is 5.69 Å². The van der Waals surface area contributed by atoms with Crippen LogP contribution in [-0.4, -0.2) is 23.5 Å². The van der Waals surface area contributed by atoms with Crippen molar-refractivity contribution in [1.82, 2.24) is 10.5 Å². The Balaban J connectivity index is 1.27. The Morgan fingerprint density at radius 1 is 0.939 bits per heavy atom. The van der Waals surface area contributed by atoms with Crippen molar-refractivity contribution in [2.75, 3.05) is 11.9 Å². The third-order valence-electron chi connectivity index (χ3n) is 4.57. The van der Waals surface area contributed by atoms with Crippen molar-refractivity contribution in [1.29, 1.82) is 5.26 Å². The molecule has 33 heavy (non-hydrogen) atoms. The summed E-state index contributed by atoms with van der Waals surface area (Å²) < 4.78 is 10.9. The lowest BCUT2D eigenvalue weighted by Crippen LogP contribution is -2.33. The zero-order chi connectivity index (χ0) is 23.0. The Kier molecular flexibility index (Phi) is 6.43. The van der Waals surface area contributed by atoms with Crippen LogP contribution in [0.3, 0.4) is 0 Å². The summed E-state index contributed by atoms with van der Waals surface area (Å²) in [7, 11) is 0. The summed E-state index contributed by atoms with van der Waals surface area (Å²) in [5, 5.41) is 17.8. The van der Waals surface area contributed by atoms with E-state index in [4.69, 9.17) is 14.5 Å². The van der Waals surface area contributed by atoms with E-state index in [2.05, 4.69) is 15.8 Å². The largest absolute Gasteiger partial charge is 0.457 e. The van der Waals surface area contributed by atoms with Crippen LogP contribution in [0.15, 0.2) is 89.5 Å².